The van der Waals surface area contributed by atoms with E-state index in [4.69, 9.17) is 10.2 Å². The lowest BCUT2D eigenvalue weighted by molar-refractivity contribution is -0.140. The fraction of sp³-hybridized carbons (Fsp3) is 0.0741. The van der Waals surface area contributed by atoms with Gasteiger partial charge in [-0.2, -0.15) is 18.3 Å². The third kappa shape index (κ3) is 4.62. The lowest BCUT2D eigenvalue weighted by Crippen LogP contribution is -2.17. The Hall–Kier alpha value is -5.18. The first-order valence-electron chi connectivity index (χ1n) is 11.9. The highest BCUT2D eigenvalue weighted by atomic mass is 32.1. The molecule has 3 N–H and O–H groups in total. The van der Waals surface area contributed by atoms with Gasteiger partial charge in [-0.05, 0) is 24.3 Å². The van der Waals surface area contributed by atoms with E-state index in [1.165, 1.54) is 18.4 Å². The van der Waals surface area contributed by atoms with Crippen LogP contribution in [0.3, 0.4) is 0 Å². The van der Waals surface area contributed by atoms with Crippen LogP contribution in [0.1, 0.15) is 37.8 Å². The van der Waals surface area contributed by atoms with Crippen molar-refractivity contribution in [2.45, 2.75) is 12.6 Å². The molecule has 0 aliphatic carbocycles. The number of primary amides is 1. The molecule has 6 aromatic rings. The maximum absolute atomic E-state index is 14.0. The van der Waals surface area contributed by atoms with E-state index in [0.717, 1.165) is 22.8 Å². The van der Waals surface area contributed by atoms with Crippen LogP contribution in [0.15, 0.2) is 71.5 Å². The molecule has 0 saturated heterocycles. The van der Waals surface area contributed by atoms with Crippen LogP contribution in [0.4, 0.5) is 27.6 Å². The molecule has 1 aromatic carbocycles. The molecule has 42 heavy (non-hydrogen) atoms. The van der Waals surface area contributed by atoms with Crippen LogP contribution in [-0.4, -0.2) is 31.4 Å². The number of benzene rings is 1. The molecular formula is C27H15F5N6O3S. The number of thiophene rings is 1. The number of fused-ring (bicyclic) bond motifs is 2. The number of furan rings is 1. The summed E-state index contributed by atoms with van der Waals surface area (Å²) in [6.07, 6.45) is -5.55. The van der Waals surface area contributed by atoms with Crippen molar-refractivity contribution in [3.63, 3.8) is 0 Å². The molecule has 15 heteroatoms. The number of aromatic nitrogens is 4. The zero-order valence-corrected chi connectivity index (χ0v) is 21.6. The molecular weight excluding hydrogens is 583 g/mol. The normalized spacial score (nSPS) is 12.0. The Bertz CT molecular complexity index is 1990. The summed E-state index contributed by atoms with van der Waals surface area (Å²) in [5, 5.41) is 6.38. The molecule has 0 radical (unpaired) electrons. The van der Waals surface area contributed by atoms with Crippen LogP contribution >= 0.6 is 11.3 Å². The summed E-state index contributed by atoms with van der Waals surface area (Å²) in [5.41, 5.74) is 3.60. The largest absolute Gasteiger partial charge is 0.464 e. The molecule has 5 aromatic heterocycles. The third-order valence-electron chi connectivity index (χ3n) is 6.24. The van der Waals surface area contributed by atoms with Crippen molar-refractivity contribution in [2.75, 3.05) is 5.32 Å². The van der Waals surface area contributed by atoms with Crippen LogP contribution < -0.4 is 11.1 Å². The number of nitrogens with zero attached hydrogens (tertiary/aromatic N) is 4. The van der Waals surface area contributed by atoms with Gasteiger partial charge in [-0.15, -0.1) is 11.3 Å². The average molecular weight is 599 g/mol. The number of halogens is 5. The highest BCUT2D eigenvalue weighted by molar-refractivity contribution is 7.21. The number of alkyl halides is 5. The lowest BCUT2D eigenvalue weighted by atomic mass is 10.1. The minimum Gasteiger partial charge on any atom is -0.464 e. The Morgan fingerprint density at radius 3 is 2.45 bits per heavy atom. The van der Waals surface area contributed by atoms with Crippen molar-refractivity contribution in [1.82, 2.24) is 19.6 Å². The van der Waals surface area contributed by atoms with Crippen LogP contribution in [0.25, 0.3) is 38.4 Å². The zero-order chi connectivity index (χ0) is 29.8. The van der Waals surface area contributed by atoms with Gasteiger partial charge in [-0.3, -0.25) is 9.59 Å². The van der Waals surface area contributed by atoms with E-state index >= 15 is 0 Å². The molecule has 0 saturated carbocycles. The average Bonchev–Trinajstić information content (AvgIpc) is 3.71. The van der Waals surface area contributed by atoms with Gasteiger partial charge in [0, 0.05) is 16.5 Å². The lowest BCUT2D eigenvalue weighted by Gasteiger charge is -2.11. The first-order valence-corrected chi connectivity index (χ1v) is 12.8. The first-order chi connectivity index (χ1) is 20.0. The maximum atomic E-state index is 14.0. The number of anilines is 1. The van der Waals surface area contributed by atoms with Crippen molar-refractivity contribution in [1.29, 1.82) is 0 Å². The molecule has 9 nitrogen and oxygen atoms in total. The monoisotopic (exact) mass is 598 g/mol. The second-order valence-corrected chi connectivity index (χ2v) is 9.86. The van der Waals surface area contributed by atoms with Gasteiger partial charge >= 0.3 is 6.18 Å². The summed E-state index contributed by atoms with van der Waals surface area (Å²) in [6.45, 7) is 0. The quantitative estimate of drug-likeness (QED) is 0.209. The molecule has 0 fully saturated rings. The second kappa shape index (κ2) is 10.0. The van der Waals surface area contributed by atoms with Crippen molar-refractivity contribution in [3.8, 4) is 22.6 Å². The minimum absolute atomic E-state index is 0.00365. The summed E-state index contributed by atoms with van der Waals surface area (Å²) in [7, 11) is 0. The van der Waals surface area contributed by atoms with Crippen LogP contribution in [0.5, 0.6) is 0 Å². The van der Waals surface area contributed by atoms with Crippen LogP contribution in [-0.2, 0) is 6.18 Å². The Morgan fingerprint density at radius 2 is 1.81 bits per heavy atom. The van der Waals surface area contributed by atoms with E-state index in [9.17, 15) is 31.5 Å². The van der Waals surface area contributed by atoms with E-state index in [2.05, 4.69) is 20.4 Å². The predicted octanol–water partition coefficient (Wildman–Crippen LogP) is 6.57. The standard InChI is InChI=1S/C27H15F5N6O3S/c28-22(29)16-10-15(12-5-2-1-3-6-12)35-24-14(11-34-38(16)24)25(40)37-20-19-13(17-7-4-8-41-17)9-18(27(30,31)32)36-26(19)42-21(20)23(33)39/h1-11,22H,(H2,33,39)(H,37,40). The zero-order valence-electron chi connectivity index (χ0n) is 20.8. The van der Waals surface area contributed by atoms with Gasteiger partial charge in [-0.25, -0.2) is 23.3 Å². The molecule has 0 aliphatic heterocycles. The SMILES string of the molecule is NC(=O)c1sc2nc(C(F)(F)F)cc(-c3ccco3)c2c1NC(=O)c1cnn2c(C(F)F)cc(-c3ccccc3)nc12. The van der Waals surface area contributed by atoms with E-state index < -0.39 is 35.8 Å². The summed E-state index contributed by atoms with van der Waals surface area (Å²) >= 11 is 0.545. The Kier molecular flexibility index (Phi) is 6.45. The van der Waals surface area contributed by atoms with Gasteiger partial charge in [-0.1, -0.05) is 30.3 Å². The highest BCUT2D eigenvalue weighted by Crippen LogP contribution is 2.44. The maximum Gasteiger partial charge on any atom is 0.433 e. The van der Waals surface area contributed by atoms with Gasteiger partial charge in [0.05, 0.1) is 23.8 Å². The molecule has 5 heterocycles. The number of carbonyl (C=O) groups is 2. The molecule has 0 spiro atoms. The molecule has 0 aliphatic rings. The summed E-state index contributed by atoms with van der Waals surface area (Å²) in [4.78, 5) is 33.5. The summed E-state index contributed by atoms with van der Waals surface area (Å²) in [6, 6.07) is 13.1. The van der Waals surface area contributed by atoms with E-state index in [1.807, 2.05) is 0 Å². The number of rotatable bonds is 6. The minimum atomic E-state index is -4.84. The predicted molar refractivity (Wildman–Crippen MR) is 142 cm³/mol. The fourth-order valence-electron chi connectivity index (χ4n) is 4.40. The summed E-state index contributed by atoms with van der Waals surface area (Å²) < 4.78 is 75.1. The van der Waals surface area contributed by atoms with Crippen LogP contribution in [0.2, 0.25) is 0 Å². The smallest absolute Gasteiger partial charge is 0.433 e. The Balaban J connectivity index is 1.53. The van der Waals surface area contributed by atoms with Gasteiger partial charge in [0.15, 0.2) is 5.65 Å². The van der Waals surface area contributed by atoms with Crippen molar-refractivity contribution in [3.05, 3.63) is 88.9 Å². The van der Waals surface area contributed by atoms with E-state index in [0.29, 0.717) is 16.9 Å². The molecule has 0 unspecified atom stereocenters. The van der Waals surface area contributed by atoms with Crippen molar-refractivity contribution in [2.24, 2.45) is 5.73 Å². The Labute approximate surface area is 235 Å². The van der Waals surface area contributed by atoms with E-state index in [-0.39, 0.29) is 49.0 Å². The number of nitrogens with one attached hydrogen (secondary N) is 1. The molecule has 212 valence electrons. The third-order valence-corrected chi connectivity index (χ3v) is 7.34. The molecule has 0 atom stereocenters. The summed E-state index contributed by atoms with van der Waals surface area (Å²) in [5.74, 6) is -1.98. The van der Waals surface area contributed by atoms with Gasteiger partial charge < -0.3 is 15.5 Å². The second-order valence-electron chi connectivity index (χ2n) is 8.86. The number of carbonyl (C=O) groups excluding carboxylic acids is 2. The van der Waals surface area contributed by atoms with Gasteiger partial charge in [0.2, 0.25) is 0 Å². The molecule has 0 bridgehead atoms. The highest BCUT2D eigenvalue weighted by Gasteiger charge is 2.35. The topological polar surface area (TPSA) is 128 Å². The number of nitrogens with two attached hydrogens (primary N) is 1. The molecule has 2 amide bonds. The number of amides is 2. The van der Waals surface area contributed by atoms with Gasteiger partial charge in [0.25, 0.3) is 18.2 Å². The van der Waals surface area contributed by atoms with Crippen molar-refractivity contribution >= 4 is 44.7 Å². The number of pyridine rings is 1. The number of hydrogen-bond donors (Lipinski definition) is 2. The van der Waals surface area contributed by atoms with Crippen molar-refractivity contribution < 1.29 is 36.0 Å². The van der Waals surface area contributed by atoms with Gasteiger partial charge in [0.1, 0.15) is 32.4 Å². The first kappa shape index (κ1) is 27.0. The number of hydrogen-bond acceptors (Lipinski definition) is 7. The van der Waals surface area contributed by atoms with Crippen LogP contribution in [0, 0.1) is 0 Å². The molecule has 6 rings (SSSR count). The Morgan fingerprint density at radius 1 is 1.05 bits per heavy atom. The van der Waals surface area contributed by atoms with E-state index in [1.54, 1.807) is 30.3 Å². The fourth-order valence-corrected chi connectivity index (χ4v) is 5.41.